The molecule has 1 unspecified atom stereocenters. The standard InChI is InChI=1S/C15H16BrCl2NO3/c1-22-14(21)13(18)15(6-7-15)19(12(20)8-16)9-10-2-4-11(17)5-3-10/h2-5,13H,6-9H2,1H3. The van der Waals surface area contributed by atoms with Crippen LogP contribution in [0.25, 0.3) is 0 Å². The first kappa shape index (κ1) is 17.6. The summed E-state index contributed by atoms with van der Waals surface area (Å²) < 4.78 is 4.73. The van der Waals surface area contributed by atoms with E-state index in [1.807, 2.05) is 12.1 Å². The van der Waals surface area contributed by atoms with Crippen LogP contribution in [-0.2, 0) is 20.9 Å². The van der Waals surface area contributed by atoms with Crippen molar-refractivity contribution in [2.75, 3.05) is 12.4 Å². The fourth-order valence-electron chi connectivity index (χ4n) is 2.45. The quantitative estimate of drug-likeness (QED) is 0.535. The molecular formula is C15H16BrCl2NO3. The summed E-state index contributed by atoms with van der Waals surface area (Å²) in [6.45, 7) is 0.377. The summed E-state index contributed by atoms with van der Waals surface area (Å²) in [6.07, 6.45) is 1.37. The van der Waals surface area contributed by atoms with Gasteiger partial charge in [-0.1, -0.05) is 39.7 Å². The summed E-state index contributed by atoms with van der Waals surface area (Å²) in [7, 11) is 1.30. The minimum atomic E-state index is -0.868. The van der Waals surface area contributed by atoms with Gasteiger partial charge in [0.25, 0.3) is 0 Å². The Morgan fingerprint density at radius 3 is 2.41 bits per heavy atom. The van der Waals surface area contributed by atoms with Crippen LogP contribution in [0.4, 0.5) is 0 Å². The number of hydrogen-bond donors (Lipinski definition) is 0. The Bertz CT molecular complexity index is 560. The predicted octanol–water partition coefficient (Wildman–Crippen LogP) is 3.38. The maximum Gasteiger partial charge on any atom is 0.326 e. The van der Waals surface area contributed by atoms with Gasteiger partial charge in [0.15, 0.2) is 5.38 Å². The molecule has 1 aromatic carbocycles. The average molecular weight is 409 g/mol. The number of benzene rings is 1. The van der Waals surface area contributed by atoms with Gasteiger partial charge in [-0.3, -0.25) is 9.59 Å². The second-order valence-corrected chi connectivity index (χ2v) is 6.66. The molecule has 4 nitrogen and oxygen atoms in total. The number of esters is 1. The molecule has 0 heterocycles. The van der Waals surface area contributed by atoms with Crippen molar-refractivity contribution in [3.05, 3.63) is 34.9 Å². The summed E-state index contributed by atoms with van der Waals surface area (Å²) in [5.74, 6) is -0.621. The van der Waals surface area contributed by atoms with E-state index >= 15 is 0 Å². The van der Waals surface area contributed by atoms with Crippen molar-refractivity contribution >= 4 is 51.0 Å². The summed E-state index contributed by atoms with van der Waals surface area (Å²) in [5, 5.41) is -0.0616. The summed E-state index contributed by atoms with van der Waals surface area (Å²) in [4.78, 5) is 25.8. The number of halogens is 3. The van der Waals surface area contributed by atoms with Crippen molar-refractivity contribution in [3.63, 3.8) is 0 Å². The summed E-state index contributed by atoms with van der Waals surface area (Å²) in [5.41, 5.74) is 0.262. The molecule has 0 radical (unpaired) electrons. The highest BCUT2D eigenvalue weighted by Gasteiger charge is 2.58. The molecule has 1 atom stereocenters. The molecule has 0 saturated heterocycles. The molecule has 1 aromatic rings. The molecular weight excluding hydrogens is 393 g/mol. The largest absolute Gasteiger partial charge is 0.468 e. The minimum absolute atomic E-state index is 0.109. The van der Waals surface area contributed by atoms with Crippen LogP contribution < -0.4 is 0 Å². The van der Waals surface area contributed by atoms with Gasteiger partial charge in [-0.2, -0.15) is 0 Å². The van der Waals surface area contributed by atoms with Crippen molar-refractivity contribution in [2.45, 2.75) is 30.3 Å². The van der Waals surface area contributed by atoms with Crippen LogP contribution in [0.1, 0.15) is 18.4 Å². The monoisotopic (exact) mass is 407 g/mol. The lowest BCUT2D eigenvalue weighted by Crippen LogP contribution is -2.50. The van der Waals surface area contributed by atoms with Gasteiger partial charge in [0, 0.05) is 11.6 Å². The fraction of sp³-hybridized carbons (Fsp3) is 0.467. The number of ether oxygens (including phenoxy) is 1. The van der Waals surface area contributed by atoms with E-state index in [9.17, 15) is 9.59 Å². The fourth-order valence-corrected chi connectivity index (χ4v) is 3.30. The number of hydrogen-bond acceptors (Lipinski definition) is 3. The number of amides is 1. The molecule has 0 bridgehead atoms. The SMILES string of the molecule is COC(=O)C(Cl)C1(N(Cc2ccc(Cl)cc2)C(=O)CBr)CC1. The maximum atomic E-state index is 12.3. The number of carbonyl (C=O) groups is 2. The maximum absolute atomic E-state index is 12.3. The van der Waals surface area contributed by atoms with Crippen LogP contribution in [0.15, 0.2) is 24.3 Å². The Morgan fingerprint density at radius 2 is 1.95 bits per heavy atom. The topological polar surface area (TPSA) is 46.6 Å². The smallest absolute Gasteiger partial charge is 0.326 e. The highest BCUT2D eigenvalue weighted by Crippen LogP contribution is 2.48. The Hall–Kier alpha value is -0.780. The minimum Gasteiger partial charge on any atom is -0.468 e. The van der Waals surface area contributed by atoms with Crippen molar-refractivity contribution in [2.24, 2.45) is 0 Å². The van der Waals surface area contributed by atoms with Crippen LogP contribution in [0.2, 0.25) is 5.02 Å². The van der Waals surface area contributed by atoms with Gasteiger partial charge in [-0.15, -0.1) is 11.6 Å². The number of nitrogens with zero attached hydrogens (tertiary/aromatic N) is 1. The number of alkyl halides is 2. The molecule has 0 N–H and O–H groups in total. The molecule has 1 saturated carbocycles. The Labute approximate surface area is 147 Å². The first-order valence-corrected chi connectivity index (χ1v) is 8.71. The average Bonchev–Trinajstić information content (AvgIpc) is 3.33. The van der Waals surface area contributed by atoms with Crippen molar-refractivity contribution < 1.29 is 14.3 Å². The van der Waals surface area contributed by atoms with Crippen molar-refractivity contribution in [3.8, 4) is 0 Å². The number of carbonyl (C=O) groups excluding carboxylic acids is 2. The van der Waals surface area contributed by atoms with Crippen LogP contribution in [0.3, 0.4) is 0 Å². The molecule has 120 valence electrons. The van der Waals surface area contributed by atoms with Gasteiger partial charge in [-0.05, 0) is 30.5 Å². The van der Waals surface area contributed by atoms with Crippen LogP contribution in [-0.4, -0.2) is 40.1 Å². The van der Waals surface area contributed by atoms with Gasteiger partial charge < -0.3 is 9.64 Å². The van der Waals surface area contributed by atoms with E-state index < -0.39 is 16.9 Å². The van der Waals surface area contributed by atoms with Gasteiger partial charge in [0.1, 0.15) is 0 Å². The van der Waals surface area contributed by atoms with E-state index in [4.69, 9.17) is 27.9 Å². The van der Waals surface area contributed by atoms with Crippen LogP contribution >= 0.6 is 39.1 Å². The van der Waals surface area contributed by atoms with Crippen molar-refractivity contribution in [1.29, 1.82) is 0 Å². The van der Waals surface area contributed by atoms with E-state index in [0.29, 0.717) is 24.4 Å². The molecule has 1 amide bonds. The third-order valence-corrected chi connectivity index (χ3v) is 5.17. The van der Waals surface area contributed by atoms with E-state index in [1.54, 1.807) is 17.0 Å². The third-order valence-electron chi connectivity index (χ3n) is 3.85. The van der Waals surface area contributed by atoms with E-state index in [0.717, 1.165) is 5.56 Å². The Balaban J connectivity index is 2.25. The van der Waals surface area contributed by atoms with E-state index in [1.165, 1.54) is 7.11 Å². The lowest BCUT2D eigenvalue weighted by Gasteiger charge is -2.34. The van der Waals surface area contributed by atoms with Crippen molar-refractivity contribution in [1.82, 2.24) is 4.90 Å². The zero-order valence-corrected chi connectivity index (χ0v) is 15.1. The molecule has 7 heteroatoms. The first-order chi connectivity index (χ1) is 10.4. The van der Waals surface area contributed by atoms with Gasteiger partial charge >= 0.3 is 5.97 Å². The van der Waals surface area contributed by atoms with E-state index in [2.05, 4.69) is 15.9 Å². The molecule has 0 aliphatic heterocycles. The summed E-state index contributed by atoms with van der Waals surface area (Å²) in [6, 6.07) is 7.25. The lowest BCUT2D eigenvalue weighted by molar-refractivity contribution is -0.143. The Morgan fingerprint density at radius 1 is 1.36 bits per heavy atom. The predicted molar refractivity (Wildman–Crippen MR) is 89.4 cm³/mol. The second-order valence-electron chi connectivity index (χ2n) is 5.23. The highest BCUT2D eigenvalue weighted by molar-refractivity contribution is 9.09. The molecule has 1 fully saturated rings. The highest BCUT2D eigenvalue weighted by atomic mass is 79.9. The van der Waals surface area contributed by atoms with Crippen LogP contribution in [0.5, 0.6) is 0 Å². The second kappa shape index (κ2) is 7.20. The van der Waals surface area contributed by atoms with Crippen LogP contribution in [0, 0.1) is 0 Å². The number of rotatable bonds is 6. The van der Waals surface area contributed by atoms with Gasteiger partial charge in [0.05, 0.1) is 18.0 Å². The third kappa shape index (κ3) is 3.58. The zero-order chi connectivity index (χ0) is 16.3. The normalized spacial score (nSPS) is 16.7. The zero-order valence-electron chi connectivity index (χ0n) is 12.0. The molecule has 1 aliphatic carbocycles. The Kier molecular flexibility index (Phi) is 5.75. The van der Waals surface area contributed by atoms with Gasteiger partial charge in [-0.25, -0.2) is 0 Å². The molecule has 22 heavy (non-hydrogen) atoms. The number of methoxy groups -OCH3 is 1. The van der Waals surface area contributed by atoms with E-state index in [-0.39, 0.29) is 11.2 Å². The molecule has 0 spiro atoms. The molecule has 1 aliphatic rings. The molecule has 2 rings (SSSR count). The van der Waals surface area contributed by atoms with Gasteiger partial charge in [0.2, 0.25) is 5.91 Å². The molecule has 0 aromatic heterocycles. The summed E-state index contributed by atoms with van der Waals surface area (Å²) >= 11 is 15.3. The lowest BCUT2D eigenvalue weighted by atomic mass is 10.1. The first-order valence-electron chi connectivity index (χ1n) is 6.77.